The van der Waals surface area contributed by atoms with Crippen molar-refractivity contribution in [2.24, 2.45) is 16.6 Å². The molecular weight excluding hydrogens is 304 g/mol. The topological polar surface area (TPSA) is 38.4 Å². The zero-order chi connectivity index (χ0) is 18.9. The first-order valence-electron chi connectivity index (χ1n) is 8.81. The molecule has 0 aliphatic heterocycles. The lowest BCUT2D eigenvalue weighted by atomic mass is 9.86. The number of hydrogen-bond acceptors (Lipinski definition) is 2. The summed E-state index contributed by atoms with van der Waals surface area (Å²) in [6.45, 7) is 15.4. The Morgan fingerprint density at radius 1 is 1.20 bits per heavy atom. The van der Waals surface area contributed by atoms with E-state index in [1.165, 1.54) is 11.8 Å². The van der Waals surface area contributed by atoms with Crippen LogP contribution in [0.3, 0.4) is 0 Å². The molecule has 1 rings (SSSR count). The summed E-state index contributed by atoms with van der Waals surface area (Å²) in [5, 5.41) is 0. The van der Waals surface area contributed by atoms with Gasteiger partial charge >= 0.3 is 0 Å². The van der Waals surface area contributed by atoms with Crippen molar-refractivity contribution in [1.82, 2.24) is 0 Å². The predicted octanol–water partition coefficient (Wildman–Crippen LogP) is 5.57. The van der Waals surface area contributed by atoms with E-state index in [1.807, 2.05) is 12.2 Å². The van der Waals surface area contributed by atoms with Crippen LogP contribution in [-0.2, 0) is 5.41 Å². The molecule has 0 saturated carbocycles. The summed E-state index contributed by atoms with van der Waals surface area (Å²) in [5.41, 5.74) is 10.1. The highest BCUT2D eigenvalue weighted by molar-refractivity contribution is 6.08. The maximum absolute atomic E-state index is 5.61. The molecule has 0 amide bonds. The molecule has 0 bridgehead atoms. The van der Waals surface area contributed by atoms with Gasteiger partial charge in [0.05, 0.1) is 12.3 Å². The Hall–Kier alpha value is -2.35. The first-order valence-corrected chi connectivity index (χ1v) is 8.81. The van der Waals surface area contributed by atoms with Gasteiger partial charge in [0.15, 0.2) is 0 Å². The third kappa shape index (κ3) is 7.38. The van der Waals surface area contributed by atoms with Crippen LogP contribution in [0.2, 0.25) is 0 Å². The summed E-state index contributed by atoms with van der Waals surface area (Å²) in [6.07, 6.45) is 11.5. The van der Waals surface area contributed by atoms with Crippen LogP contribution in [0, 0.1) is 5.92 Å². The molecule has 1 aromatic carbocycles. The van der Waals surface area contributed by atoms with E-state index in [-0.39, 0.29) is 5.41 Å². The number of rotatable bonds is 7. The van der Waals surface area contributed by atoms with Gasteiger partial charge in [0.25, 0.3) is 0 Å². The first-order chi connectivity index (χ1) is 11.8. The number of hydrogen-bond donors (Lipinski definition) is 1. The van der Waals surface area contributed by atoms with Crippen molar-refractivity contribution in [3.8, 4) is 0 Å². The second-order valence-electron chi connectivity index (χ2n) is 7.46. The van der Waals surface area contributed by atoms with Crippen LogP contribution >= 0.6 is 0 Å². The van der Waals surface area contributed by atoms with E-state index >= 15 is 0 Å². The van der Waals surface area contributed by atoms with Crippen molar-refractivity contribution >= 4 is 5.71 Å². The lowest BCUT2D eigenvalue weighted by Crippen LogP contribution is -2.11. The molecule has 0 heterocycles. The van der Waals surface area contributed by atoms with Crippen LogP contribution in [0.15, 0.2) is 78.0 Å². The molecule has 0 fully saturated rings. The van der Waals surface area contributed by atoms with Gasteiger partial charge in [0, 0.05) is 0 Å². The number of allylic oxidation sites excluding steroid dienone is 4. The molecule has 2 nitrogen and oxygen atoms in total. The van der Waals surface area contributed by atoms with Crippen LogP contribution in [0.25, 0.3) is 0 Å². The Balaban J connectivity index is 3.02. The van der Waals surface area contributed by atoms with Crippen molar-refractivity contribution in [2.45, 2.75) is 40.0 Å². The molecule has 0 aromatic heterocycles. The van der Waals surface area contributed by atoms with Crippen molar-refractivity contribution < 1.29 is 0 Å². The van der Waals surface area contributed by atoms with Crippen LogP contribution < -0.4 is 5.73 Å². The predicted molar refractivity (Wildman–Crippen MR) is 112 cm³/mol. The molecule has 0 aliphatic carbocycles. The fourth-order valence-corrected chi connectivity index (χ4v) is 2.24. The molecule has 0 radical (unpaired) electrons. The average Bonchev–Trinajstić information content (AvgIpc) is 2.55. The lowest BCUT2D eigenvalue weighted by Gasteiger charge is -2.19. The Morgan fingerprint density at radius 3 is 2.32 bits per heavy atom. The molecule has 0 saturated heterocycles. The van der Waals surface area contributed by atoms with Crippen molar-refractivity contribution in [3.63, 3.8) is 0 Å². The van der Waals surface area contributed by atoms with Crippen LogP contribution in [0.5, 0.6) is 0 Å². The molecule has 0 aliphatic rings. The van der Waals surface area contributed by atoms with E-state index in [9.17, 15) is 0 Å². The van der Waals surface area contributed by atoms with E-state index in [2.05, 4.69) is 83.7 Å². The standard InChI is InChI=1S/C23H32N2/c1-7-19(10-8-9-18(2)3)17-25-22(15-16-24)20-11-13-21(14-12-20)23(4,5)6/h7-16,18H,1,17,24H2,2-6H3/b9-8+,16-15-,19-10+,25-22?. The summed E-state index contributed by atoms with van der Waals surface area (Å²) in [4.78, 5) is 4.72. The summed E-state index contributed by atoms with van der Waals surface area (Å²) >= 11 is 0. The molecule has 25 heavy (non-hydrogen) atoms. The third-order valence-electron chi connectivity index (χ3n) is 3.80. The average molecular weight is 337 g/mol. The molecule has 1 aromatic rings. The molecule has 2 heteroatoms. The first kappa shape index (κ1) is 20.7. The van der Waals surface area contributed by atoms with Gasteiger partial charge in [-0.1, -0.05) is 89.8 Å². The Morgan fingerprint density at radius 2 is 1.84 bits per heavy atom. The quantitative estimate of drug-likeness (QED) is 0.513. The smallest absolute Gasteiger partial charge is 0.0665 e. The minimum Gasteiger partial charge on any atom is -0.405 e. The van der Waals surface area contributed by atoms with Crippen molar-refractivity contribution in [3.05, 3.63) is 84.1 Å². The number of benzene rings is 1. The Bertz CT molecular complexity index is 663. The van der Waals surface area contributed by atoms with Gasteiger partial charge < -0.3 is 5.73 Å². The molecule has 2 N–H and O–H groups in total. The number of nitrogens with two attached hydrogens (primary N) is 1. The van der Waals surface area contributed by atoms with Gasteiger partial charge in [-0.05, 0) is 40.3 Å². The molecule has 0 spiro atoms. The maximum Gasteiger partial charge on any atom is 0.0665 e. The number of nitrogens with zero attached hydrogens (tertiary/aromatic N) is 1. The Kier molecular flexibility index (Phi) is 8.13. The SMILES string of the molecule is C=C/C(=C\C=C\C(C)C)CN=C(/C=C\N)c1ccc(C(C)(C)C)cc1. The summed E-state index contributed by atoms with van der Waals surface area (Å²) in [7, 11) is 0. The van der Waals surface area contributed by atoms with E-state index in [1.54, 1.807) is 0 Å². The van der Waals surface area contributed by atoms with Gasteiger partial charge in [-0.25, -0.2) is 0 Å². The summed E-state index contributed by atoms with van der Waals surface area (Å²) in [5.74, 6) is 0.530. The van der Waals surface area contributed by atoms with Gasteiger partial charge in [0.2, 0.25) is 0 Å². The van der Waals surface area contributed by atoms with Gasteiger partial charge in [-0.15, -0.1) is 0 Å². The largest absolute Gasteiger partial charge is 0.405 e. The monoisotopic (exact) mass is 336 g/mol. The van der Waals surface area contributed by atoms with Gasteiger partial charge in [-0.3, -0.25) is 4.99 Å². The van der Waals surface area contributed by atoms with Gasteiger partial charge in [0.1, 0.15) is 0 Å². The molecule has 0 atom stereocenters. The molecule has 134 valence electrons. The lowest BCUT2D eigenvalue weighted by molar-refractivity contribution is 0.590. The second-order valence-corrected chi connectivity index (χ2v) is 7.46. The maximum atomic E-state index is 5.61. The van der Waals surface area contributed by atoms with E-state index < -0.39 is 0 Å². The van der Waals surface area contributed by atoms with Crippen molar-refractivity contribution in [1.29, 1.82) is 0 Å². The minimum absolute atomic E-state index is 0.140. The van der Waals surface area contributed by atoms with Crippen LogP contribution in [-0.4, -0.2) is 12.3 Å². The van der Waals surface area contributed by atoms with Crippen molar-refractivity contribution in [2.75, 3.05) is 6.54 Å². The Labute approximate surface area is 153 Å². The highest BCUT2D eigenvalue weighted by Gasteiger charge is 2.13. The van der Waals surface area contributed by atoms with Crippen LogP contribution in [0.1, 0.15) is 45.7 Å². The van der Waals surface area contributed by atoms with E-state index in [0.29, 0.717) is 12.5 Å². The second kappa shape index (κ2) is 9.83. The fraction of sp³-hybridized carbons (Fsp3) is 0.348. The van der Waals surface area contributed by atoms with Crippen LogP contribution in [0.4, 0.5) is 0 Å². The molecular formula is C23H32N2. The van der Waals surface area contributed by atoms with Gasteiger partial charge in [-0.2, -0.15) is 0 Å². The highest BCUT2D eigenvalue weighted by atomic mass is 14.7. The highest BCUT2D eigenvalue weighted by Crippen LogP contribution is 2.22. The zero-order valence-corrected chi connectivity index (χ0v) is 16.3. The zero-order valence-electron chi connectivity index (χ0n) is 16.3. The molecule has 0 unspecified atom stereocenters. The van der Waals surface area contributed by atoms with E-state index in [4.69, 9.17) is 10.7 Å². The third-order valence-corrected chi connectivity index (χ3v) is 3.80. The summed E-state index contributed by atoms with van der Waals surface area (Å²) in [6, 6.07) is 8.53. The van der Waals surface area contributed by atoms with E-state index in [0.717, 1.165) is 16.8 Å². The number of aliphatic imine (C=N–C) groups is 1. The normalized spacial score (nSPS) is 14.0. The fourth-order valence-electron chi connectivity index (χ4n) is 2.24. The summed E-state index contributed by atoms with van der Waals surface area (Å²) < 4.78 is 0. The minimum atomic E-state index is 0.140.